The molecular weight excluding hydrogens is 1580 g/mol. The normalized spacial score (nSPS) is 12.7. The molecule has 1 heterocycles. The number of hydrogen-bond acceptors (Lipinski definition) is 10. The van der Waals surface area contributed by atoms with Crippen molar-refractivity contribution >= 4 is 55.8 Å². The lowest BCUT2D eigenvalue weighted by Gasteiger charge is -2.22. The summed E-state index contributed by atoms with van der Waals surface area (Å²) in [5.74, 6) is 6.46. The molecule has 0 aliphatic rings. The van der Waals surface area contributed by atoms with Crippen LogP contribution < -0.4 is 5.73 Å². The summed E-state index contributed by atoms with van der Waals surface area (Å²) in [5, 5.41) is 1.11. The summed E-state index contributed by atoms with van der Waals surface area (Å²) >= 11 is 4.40. The highest BCUT2D eigenvalue weighted by Crippen LogP contribution is 2.30. The fourth-order valence-electron chi connectivity index (χ4n) is 16.8. The molecule has 122 heavy (non-hydrogen) atoms. The van der Waals surface area contributed by atoms with Gasteiger partial charge in [-0.2, -0.15) is 12.6 Å². The number of aromatic nitrogens is 1. The van der Waals surface area contributed by atoms with Crippen LogP contribution in [0.15, 0.2) is 78.0 Å². The first kappa shape index (κ1) is 124. The van der Waals surface area contributed by atoms with Crippen LogP contribution in [0.2, 0.25) is 0 Å². The Labute approximate surface area is 790 Å². The van der Waals surface area contributed by atoms with E-state index in [-0.39, 0.29) is 0 Å². The maximum atomic E-state index is 6.50. The van der Waals surface area contributed by atoms with Gasteiger partial charge in [-0.1, -0.05) is 488 Å². The van der Waals surface area contributed by atoms with E-state index in [9.17, 15) is 0 Å². The van der Waals surface area contributed by atoms with Gasteiger partial charge in [0, 0.05) is 54.9 Å². The summed E-state index contributed by atoms with van der Waals surface area (Å²) in [6.07, 6.45) is 129. The van der Waals surface area contributed by atoms with E-state index in [4.69, 9.17) is 5.73 Å². The fourth-order valence-corrected chi connectivity index (χ4v) is 21.3. The van der Waals surface area contributed by atoms with Crippen LogP contribution in [0.3, 0.4) is 0 Å². The molecule has 1 aromatic heterocycles. The minimum absolute atomic E-state index is 0.396. The number of nitrogens with zero attached hydrogens (tertiary/aromatic N) is 4. The van der Waals surface area contributed by atoms with Gasteiger partial charge in [0.05, 0.1) is 0 Å². The highest BCUT2D eigenvalue weighted by Gasteiger charge is 2.14. The molecule has 0 aliphatic heterocycles. The van der Waals surface area contributed by atoms with Gasteiger partial charge in [-0.05, 0) is 210 Å². The third-order valence-corrected chi connectivity index (χ3v) is 30.3. The smallest absolute Gasteiger partial charge is 0.106 e. The van der Waals surface area contributed by atoms with Crippen molar-refractivity contribution in [2.24, 2.45) is 17.6 Å². The Morgan fingerprint density at radius 1 is 0.270 bits per heavy atom. The van der Waals surface area contributed by atoms with Crippen LogP contribution in [0.25, 0.3) is 0 Å². The van der Waals surface area contributed by atoms with Crippen LogP contribution >= 0.6 is 55.8 Å². The maximum absolute atomic E-state index is 6.50. The van der Waals surface area contributed by atoms with E-state index in [0.717, 1.165) is 41.5 Å². The number of rotatable bonds is 99. The molecule has 0 spiro atoms. The molecule has 722 valence electrons. The molecular formula is C112H219N5S5. The van der Waals surface area contributed by atoms with Crippen molar-refractivity contribution in [2.75, 3.05) is 83.4 Å². The molecule has 0 aromatic carbocycles. The summed E-state index contributed by atoms with van der Waals surface area (Å²) in [5.41, 5.74) is 6.50. The Bertz CT molecular complexity index is 2140. The molecule has 0 amide bonds. The molecule has 0 saturated heterocycles. The van der Waals surface area contributed by atoms with Gasteiger partial charge in [-0.25, -0.2) is 4.98 Å². The van der Waals surface area contributed by atoms with E-state index in [2.05, 4.69) is 177 Å². The molecule has 0 radical (unpaired) electrons. The zero-order chi connectivity index (χ0) is 88.6. The Morgan fingerprint density at radius 3 is 0.820 bits per heavy atom. The van der Waals surface area contributed by atoms with E-state index in [1.807, 2.05) is 23.1 Å². The van der Waals surface area contributed by atoms with Crippen LogP contribution in [0.1, 0.15) is 536 Å². The largest absolute Gasteiger partial charge is 0.328 e. The highest BCUT2D eigenvalue weighted by atomic mass is 33.1. The number of thiol groups is 1. The molecule has 0 aliphatic carbocycles. The van der Waals surface area contributed by atoms with Crippen molar-refractivity contribution in [3.05, 3.63) is 73.0 Å². The fraction of sp³-hybridized carbons (Fsp3) is 0.884. The van der Waals surface area contributed by atoms with E-state index < -0.39 is 0 Å². The quantitative estimate of drug-likeness (QED) is 0.0287. The first-order valence-corrected chi connectivity index (χ1v) is 60.1. The van der Waals surface area contributed by atoms with Crippen molar-refractivity contribution in [2.45, 2.75) is 547 Å². The van der Waals surface area contributed by atoms with Gasteiger partial charge >= 0.3 is 0 Å². The lowest BCUT2D eigenvalue weighted by Crippen LogP contribution is -2.24. The number of unbranched alkanes of at least 4 members (excludes halogenated alkanes) is 59. The van der Waals surface area contributed by atoms with Crippen molar-refractivity contribution < 1.29 is 0 Å². The second-order valence-electron chi connectivity index (χ2n) is 37.8. The molecule has 0 fully saturated rings. The van der Waals surface area contributed by atoms with Gasteiger partial charge in [-0.15, -0.1) is 0 Å². The topological polar surface area (TPSA) is 48.6 Å². The third-order valence-electron chi connectivity index (χ3n) is 25.4. The average Bonchev–Trinajstić information content (AvgIpc) is 0.967. The molecule has 1 rings (SSSR count). The summed E-state index contributed by atoms with van der Waals surface area (Å²) in [4.78, 5) is 11.9. The molecule has 1 aromatic rings. The van der Waals surface area contributed by atoms with Gasteiger partial charge < -0.3 is 20.4 Å². The van der Waals surface area contributed by atoms with Gasteiger partial charge in [0.1, 0.15) is 5.03 Å². The van der Waals surface area contributed by atoms with Crippen molar-refractivity contribution in [1.82, 2.24) is 19.7 Å². The van der Waals surface area contributed by atoms with Crippen molar-refractivity contribution in [3.8, 4) is 0 Å². The third kappa shape index (κ3) is 107. The molecule has 2 N–H and O–H groups in total. The first-order chi connectivity index (χ1) is 60.2. The number of hydrogen-bond donors (Lipinski definition) is 2. The van der Waals surface area contributed by atoms with Gasteiger partial charge in [0.15, 0.2) is 0 Å². The van der Waals surface area contributed by atoms with Gasteiger partial charge in [0.2, 0.25) is 0 Å². The SMILES string of the molecule is CCCCCCCC/C=C\CCCCCCCC(CCCCCCCCC)CCN(C)CCS.CCCCCCCC/C=C\CCCCCCCCC(N)CCSSCCN(C)CCC(CCCCCCC/C=C\CCCCCCCC)CCCCCCCCC.CCCCCCCC/C=C\CCCCCCCCCN(C)CCSSc1ccccn1. The van der Waals surface area contributed by atoms with Crippen LogP contribution in [0.5, 0.6) is 0 Å². The van der Waals surface area contributed by atoms with Gasteiger partial charge in [0.25, 0.3) is 0 Å². The molecule has 5 nitrogen and oxygen atoms in total. The molecule has 10 heteroatoms. The molecule has 0 bridgehead atoms. The lowest BCUT2D eigenvalue weighted by atomic mass is 9.91. The molecule has 3 atom stereocenters. The number of pyridine rings is 1. The van der Waals surface area contributed by atoms with Gasteiger partial charge in [-0.3, -0.25) is 0 Å². The monoisotopic (exact) mass is 1790 g/mol. The predicted octanol–water partition coefficient (Wildman–Crippen LogP) is 38.8. The van der Waals surface area contributed by atoms with Crippen LogP contribution in [-0.2, 0) is 0 Å². The predicted molar refractivity (Wildman–Crippen MR) is 575 cm³/mol. The molecule has 3 unspecified atom stereocenters. The summed E-state index contributed by atoms with van der Waals surface area (Å²) in [7, 11) is 14.7. The first-order valence-electron chi connectivity index (χ1n) is 54.7. The van der Waals surface area contributed by atoms with E-state index in [1.54, 1.807) is 10.8 Å². The number of allylic oxidation sites excluding steroid dienone is 8. The standard InChI is InChI=1S/C53H106N2S2.C32H65NS.C27H48N2S2/c1-5-8-11-14-17-19-21-23-25-27-29-31-33-36-39-42-45-53(54)47-50-56-57-51-49-55(4)48-46-52(43-40-37-34-16-13-10-7-3)44-41-38-35-32-30-28-26-24-22-20-18-15-12-9-6-2;1-4-6-8-10-12-13-14-15-16-17-18-19-21-23-25-27-32(28-29-33(3)30-31-34)26-24-22-20-11-9-7-5-2;1-3-4-5-6-7-8-9-10-11-12-13-14-15-16-17-18-21-24-29(2)25-26-30-31-27-22-19-20-23-28-27/h23-26,52-53H,5-22,27-51,54H2,1-4H3;15-16,32,34H,4-14,17-31H2,1-3H3;10-11,19-20,22-23H,3-9,12-18,21,24-26H2,1-2H3/b25-23-,26-24-;16-15-;11-10-. The summed E-state index contributed by atoms with van der Waals surface area (Å²) in [6.45, 7) is 21.1. The van der Waals surface area contributed by atoms with Crippen LogP contribution in [-0.4, -0.2) is 109 Å². The minimum Gasteiger partial charge on any atom is -0.328 e. The minimum atomic E-state index is 0.396. The summed E-state index contributed by atoms with van der Waals surface area (Å²) < 4.78 is 0. The van der Waals surface area contributed by atoms with E-state index in [1.165, 1.54) is 532 Å². The highest BCUT2D eigenvalue weighted by molar-refractivity contribution is 8.77. The lowest BCUT2D eigenvalue weighted by molar-refractivity contribution is 0.291. The second-order valence-corrected chi connectivity index (χ2v) is 43.4. The van der Waals surface area contributed by atoms with Crippen LogP contribution in [0, 0.1) is 11.8 Å². The zero-order valence-corrected chi connectivity index (χ0v) is 88.3. The van der Waals surface area contributed by atoms with Crippen molar-refractivity contribution in [1.29, 1.82) is 0 Å². The molecule has 0 saturated carbocycles. The van der Waals surface area contributed by atoms with E-state index in [0.29, 0.717) is 6.04 Å². The van der Waals surface area contributed by atoms with Crippen LogP contribution in [0.4, 0.5) is 0 Å². The summed E-state index contributed by atoms with van der Waals surface area (Å²) in [6, 6.07) is 6.50. The Balaban J connectivity index is 0. The second kappa shape index (κ2) is 111. The van der Waals surface area contributed by atoms with Crippen molar-refractivity contribution in [3.63, 3.8) is 0 Å². The average molecular weight is 1800 g/mol. The number of nitrogens with two attached hydrogens (primary N) is 1. The Hall–Kier alpha value is -0.300. The zero-order valence-electron chi connectivity index (χ0n) is 84.1. The van der Waals surface area contributed by atoms with E-state index >= 15 is 0 Å². The Kier molecular flexibility index (Phi) is 113. The Morgan fingerprint density at radius 2 is 0.525 bits per heavy atom. The maximum Gasteiger partial charge on any atom is 0.106 e.